The van der Waals surface area contributed by atoms with E-state index in [9.17, 15) is 14.0 Å². The lowest BCUT2D eigenvalue weighted by atomic mass is 10.0. The number of nitrogens with zero attached hydrogens (tertiary/aromatic N) is 1. The van der Waals surface area contributed by atoms with Crippen LogP contribution in [0.5, 0.6) is 0 Å². The Kier molecular flexibility index (Phi) is 10.8. The van der Waals surface area contributed by atoms with Crippen LogP contribution < -0.4 is 5.32 Å². The monoisotopic (exact) mass is 520 g/mol. The Balaban J connectivity index is 1.86. The van der Waals surface area contributed by atoms with Crippen molar-refractivity contribution in [2.75, 3.05) is 12.3 Å². The molecule has 0 aliphatic heterocycles. The highest BCUT2D eigenvalue weighted by Gasteiger charge is 2.30. The van der Waals surface area contributed by atoms with Crippen LogP contribution in [0.15, 0.2) is 72.8 Å². The Morgan fingerprint density at radius 2 is 1.57 bits per heavy atom. The van der Waals surface area contributed by atoms with Crippen molar-refractivity contribution >= 4 is 23.6 Å². The van der Waals surface area contributed by atoms with Gasteiger partial charge in [-0.3, -0.25) is 9.59 Å². The molecular weight excluding hydrogens is 483 g/mol. The molecule has 0 aliphatic carbocycles. The lowest BCUT2D eigenvalue weighted by molar-refractivity contribution is -0.139. The van der Waals surface area contributed by atoms with Crippen molar-refractivity contribution in [2.24, 2.45) is 5.92 Å². The maximum Gasteiger partial charge on any atom is 0.243 e. The van der Waals surface area contributed by atoms with E-state index in [1.54, 1.807) is 23.1 Å². The molecule has 0 saturated carbocycles. The molecule has 37 heavy (non-hydrogen) atoms. The Labute approximate surface area is 224 Å². The van der Waals surface area contributed by atoms with Gasteiger partial charge in [-0.1, -0.05) is 91.7 Å². The van der Waals surface area contributed by atoms with Crippen molar-refractivity contribution in [3.05, 3.63) is 106 Å². The number of benzene rings is 3. The number of halogens is 1. The summed E-state index contributed by atoms with van der Waals surface area (Å²) in [6, 6.07) is 21.7. The second kappa shape index (κ2) is 14.0. The highest BCUT2D eigenvalue weighted by atomic mass is 32.2. The first kappa shape index (κ1) is 28.5. The minimum absolute atomic E-state index is 0.0300. The average Bonchev–Trinajstić information content (AvgIpc) is 2.85. The second-order valence-electron chi connectivity index (χ2n) is 9.95. The summed E-state index contributed by atoms with van der Waals surface area (Å²) in [6.07, 6.45) is 0.354. The molecule has 2 amide bonds. The zero-order valence-corrected chi connectivity index (χ0v) is 23.0. The van der Waals surface area contributed by atoms with Crippen molar-refractivity contribution in [2.45, 2.75) is 52.5 Å². The van der Waals surface area contributed by atoms with E-state index in [0.29, 0.717) is 24.3 Å². The van der Waals surface area contributed by atoms with Crippen LogP contribution in [0.3, 0.4) is 0 Å². The van der Waals surface area contributed by atoms with Crippen molar-refractivity contribution < 1.29 is 14.0 Å². The number of rotatable bonds is 12. The standard InChI is InChI=1S/C31H37FN2O2S/c1-22(2)18-33-31(36)29(17-25-10-6-5-7-11-25)34(19-27-12-8-9-13-28(27)32)30(35)21-37-20-26-15-23(3)14-24(4)16-26/h5-16,22,29H,17-21H2,1-4H3,(H,33,36). The third-order valence-electron chi connectivity index (χ3n) is 6.03. The highest BCUT2D eigenvalue weighted by Crippen LogP contribution is 2.20. The quantitative estimate of drug-likeness (QED) is 0.315. The fourth-order valence-electron chi connectivity index (χ4n) is 4.28. The summed E-state index contributed by atoms with van der Waals surface area (Å²) >= 11 is 1.51. The summed E-state index contributed by atoms with van der Waals surface area (Å²) in [6.45, 7) is 8.71. The minimum Gasteiger partial charge on any atom is -0.354 e. The third kappa shape index (κ3) is 9.04. The molecule has 1 N–H and O–H groups in total. The SMILES string of the molecule is Cc1cc(C)cc(CSCC(=O)N(Cc2ccccc2F)C(Cc2ccccc2)C(=O)NCC(C)C)c1. The summed E-state index contributed by atoms with van der Waals surface area (Å²) in [5.74, 6) is 0.365. The number of nitrogens with one attached hydrogen (secondary N) is 1. The molecular formula is C31H37FN2O2S. The highest BCUT2D eigenvalue weighted by molar-refractivity contribution is 7.99. The van der Waals surface area contributed by atoms with Crippen molar-refractivity contribution in [1.82, 2.24) is 10.2 Å². The van der Waals surface area contributed by atoms with E-state index in [0.717, 1.165) is 11.1 Å². The van der Waals surface area contributed by atoms with Crippen LogP contribution in [0.4, 0.5) is 4.39 Å². The lowest BCUT2D eigenvalue weighted by Gasteiger charge is -2.32. The van der Waals surface area contributed by atoms with E-state index < -0.39 is 6.04 Å². The van der Waals surface area contributed by atoms with Crippen LogP contribution in [-0.2, 0) is 28.3 Å². The fraction of sp³-hybridized carbons (Fsp3) is 0.355. The van der Waals surface area contributed by atoms with Gasteiger partial charge in [0.2, 0.25) is 11.8 Å². The summed E-state index contributed by atoms with van der Waals surface area (Å²) in [5.41, 5.74) is 4.87. The number of aryl methyl sites for hydroxylation is 2. The van der Waals surface area contributed by atoms with Crippen LogP contribution >= 0.6 is 11.8 Å². The number of hydrogen-bond acceptors (Lipinski definition) is 3. The zero-order valence-electron chi connectivity index (χ0n) is 22.2. The number of thioether (sulfide) groups is 1. The van der Waals surface area contributed by atoms with Crippen LogP contribution in [0.2, 0.25) is 0 Å². The van der Waals surface area contributed by atoms with Crippen LogP contribution in [0.25, 0.3) is 0 Å². The minimum atomic E-state index is -0.755. The van der Waals surface area contributed by atoms with Crippen molar-refractivity contribution in [3.63, 3.8) is 0 Å². The molecule has 0 radical (unpaired) electrons. The number of carbonyl (C=O) groups excluding carboxylic acids is 2. The summed E-state index contributed by atoms with van der Waals surface area (Å²) in [5, 5.41) is 3.00. The molecule has 0 saturated heterocycles. The molecule has 0 heterocycles. The van der Waals surface area contributed by atoms with Crippen molar-refractivity contribution in [1.29, 1.82) is 0 Å². The van der Waals surface area contributed by atoms with E-state index in [1.165, 1.54) is 29.0 Å². The Morgan fingerprint density at radius 3 is 2.22 bits per heavy atom. The summed E-state index contributed by atoms with van der Waals surface area (Å²) in [7, 11) is 0. The normalized spacial score (nSPS) is 11.8. The van der Waals surface area contributed by atoms with E-state index >= 15 is 0 Å². The molecule has 3 aromatic rings. The first-order valence-electron chi connectivity index (χ1n) is 12.7. The lowest BCUT2D eigenvalue weighted by Crippen LogP contribution is -2.51. The van der Waals surface area contributed by atoms with Gasteiger partial charge in [-0.25, -0.2) is 4.39 Å². The van der Waals surface area contributed by atoms with Gasteiger partial charge in [0.15, 0.2) is 0 Å². The first-order valence-corrected chi connectivity index (χ1v) is 13.9. The molecule has 6 heteroatoms. The van der Waals surface area contributed by atoms with Gasteiger partial charge in [0.25, 0.3) is 0 Å². The molecule has 4 nitrogen and oxygen atoms in total. The van der Waals surface area contributed by atoms with Gasteiger partial charge in [-0.15, -0.1) is 11.8 Å². The van der Waals surface area contributed by atoms with Gasteiger partial charge < -0.3 is 10.2 Å². The van der Waals surface area contributed by atoms with Gasteiger partial charge in [0.1, 0.15) is 11.9 Å². The second-order valence-corrected chi connectivity index (χ2v) is 10.9. The first-order chi connectivity index (χ1) is 17.7. The Bertz CT molecular complexity index is 1160. The van der Waals surface area contributed by atoms with Gasteiger partial charge in [0.05, 0.1) is 5.75 Å². The molecule has 3 aromatic carbocycles. The fourth-order valence-corrected chi connectivity index (χ4v) is 5.12. The van der Waals surface area contributed by atoms with Crippen molar-refractivity contribution in [3.8, 4) is 0 Å². The van der Waals surface area contributed by atoms with Gasteiger partial charge >= 0.3 is 0 Å². The van der Waals surface area contributed by atoms with Gasteiger partial charge in [0, 0.05) is 30.8 Å². The predicted octanol–water partition coefficient (Wildman–Crippen LogP) is 6.09. The zero-order chi connectivity index (χ0) is 26.8. The molecule has 3 rings (SSSR count). The van der Waals surface area contributed by atoms with E-state index in [2.05, 4.69) is 37.4 Å². The Hall–Kier alpha value is -3.12. The predicted molar refractivity (Wildman–Crippen MR) is 151 cm³/mol. The molecule has 0 aliphatic rings. The molecule has 0 fully saturated rings. The molecule has 0 bridgehead atoms. The molecule has 1 atom stereocenters. The number of amides is 2. The van der Waals surface area contributed by atoms with Gasteiger partial charge in [-0.05, 0) is 37.0 Å². The van der Waals surface area contributed by atoms with E-state index in [1.807, 2.05) is 44.2 Å². The number of carbonyl (C=O) groups is 2. The molecule has 196 valence electrons. The maximum absolute atomic E-state index is 14.7. The average molecular weight is 521 g/mol. The van der Waals surface area contributed by atoms with E-state index in [-0.39, 0.29) is 35.8 Å². The largest absolute Gasteiger partial charge is 0.354 e. The third-order valence-corrected chi connectivity index (χ3v) is 7.02. The summed E-state index contributed by atoms with van der Waals surface area (Å²) < 4.78 is 14.7. The van der Waals surface area contributed by atoms with Crippen LogP contribution in [0.1, 0.15) is 41.7 Å². The molecule has 0 spiro atoms. The molecule has 0 aromatic heterocycles. The molecule has 1 unspecified atom stereocenters. The maximum atomic E-state index is 14.7. The van der Waals surface area contributed by atoms with Crippen LogP contribution in [-0.4, -0.2) is 35.1 Å². The van der Waals surface area contributed by atoms with Gasteiger partial charge in [-0.2, -0.15) is 0 Å². The number of hydrogen-bond donors (Lipinski definition) is 1. The Morgan fingerprint density at radius 1 is 0.919 bits per heavy atom. The summed E-state index contributed by atoms with van der Waals surface area (Å²) in [4.78, 5) is 28.6. The smallest absolute Gasteiger partial charge is 0.243 e. The van der Waals surface area contributed by atoms with Crippen LogP contribution in [0, 0.1) is 25.6 Å². The topological polar surface area (TPSA) is 49.4 Å². The van der Waals surface area contributed by atoms with E-state index in [4.69, 9.17) is 0 Å².